The van der Waals surface area contributed by atoms with Crippen LogP contribution in [0.4, 0.5) is 0 Å². The Morgan fingerprint density at radius 3 is 2.74 bits per heavy atom. The van der Waals surface area contributed by atoms with Crippen LogP contribution in [0.25, 0.3) is 0 Å². The third-order valence-electron chi connectivity index (χ3n) is 4.19. The van der Waals surface area contributed by atoms with Crippen LogP contribution in [-0.4, -0.2) is 31.9 Å². The van der Waals surface area contributed by atoms with Gasteiger partial charge in [-0.2, -0.15) is 0 Å². The topological polar surface area (TPSA) is 83.1 Å². The molecule has 1 heterocycles. The van der Waals surface area contributed by atoms with Gasteiger partial charge < -0.3 is 24.3 Å². The molecule has 1 N–H and O–H groups in total. The van der Waals surface area contributed by atoms with Crippen molar-refractivity contribution in [2.24, 2.45) is 0 Å². The van der Waals surface area contributed by atoms with Crippen LogP contribution in [-0.2, 0) is 20.9 Å². The number of hydrogen-bond donors (Lipinski definition) is 1. The van der Waals surface area contributed by atoms with E-state index in [1.54, 1.807) is 18.2 Å². The number of fused-ring (bicyclic) bond motifs is 1. The molecule has 0 unspecified atom stereocenters. The third-order valence-corrected chi connectivity index (χ3v) is 4.19. The number of esters is 1. The summed E-state index contributed by atoms with van der Waals surface area (Å²) < 4.78 is 20.9. The Hall–Kier alpha value is -3.22. The van der Waals surface area contributed by atoms with Gasteiger partial charge in [-0.1, -0.05) is 18.2 Å². The van der Waals surface area contributed by atoms with E-state index in [2.05, 4.69) is 5.32 Å². The van der Waals surface area contributed by atoms with Crippen LogP contribution in [0.15, 0.2) is 36.4 Å². The van der Waals surface area contributed by atoms with Crippen molar-refractivity contribution in [2.45, 2.75) is 20.4 Å². The first-order valence-electron chi connectivity index (χ1n) is 8.53. The van der Waals surface area contributed by atoms with Gasteiger partial charge in [0.1, 0.15) is 5.75 Å². The molecule has 0 aromatic heterocycles. The van der Waals surface area contributed by atoms with Gasteiger partial charge in [-0.05, 0) is 48.7 Å². The minimum absolute atomic E-state index is 0.200. The molecule has 1 amide bonds. The molecule has 0 saturated heterocycles. The normalized spacial score (nSPS) is 11.8. The Morgan fingerprint density at radius 2 is 1.89 bits per heavy atom. The number of carbonyl (C=O) groups excluding carboxylic acids is 2. The highest BCUT2D eigenvalue weighted by Gasteiger charge is 2.14. The molecule has 0 atom stereocenters. The van der Waals surface area contributed by atoms with Crippen molar-refractivity contribution in [1.82, 2.24) is 5.32 Å². The van der Waals surface area contributed by atoms with E-state index in [1.807, 2.05) is 32.0 Å². The van der Waals surface area contributed by atoms with Gasteiger partial charge in [-0.25, -0.2) is 4.79 Å². The lowest BCUT2D eigenvalue weighted by molar-refractivity contribution is -0.150. The summed E-state index contributed by atoms with van der Waals surface area (Å²) in [7, 11) is 0. The Morgan fingerprint density at radius 1 is 1.07 bits per heavy atom. The first-order chi connectivity index (χ1) is 13.0. The zero-order chi connectivity index (χ0) is 19.2. The zero-order valence-electron chi connectivity index (χ0n) is 15.2. The monoisotopic (exact) mass is 371 g/mol. The fourth-order valence-electron chi connectivity index (χ4n) is 2.51. The summed E-state index contributed by atoms with van der Waals surface area (Å²) in [4.78, 5) is 23.6. The van der Waals surface area contributed by atoms with Crippen molar-refractivity contribution in [3.8, 4) is 17.2 Å². The number of nitrogens with one attached hydrogen (secondary N) is 1. The molecule has 2 aromatic rings. The summed E-state index contributed by atoms with van der Waals surface area (Å²) in [5, 5.41) is 2.68. The molecule has 0 aliphatic carbocycles. The minimum Gasteiger partial charge on any atom is -0.482 e. The van der Waals surface area contributed by atoms with Crippen LogP contribution in [0.5, 0.6) is 17.2 Å². The number of carbonyl (C=O) groups is 2. The number of aryl methyl sites for hydroxylation is 1. The largest absolute Gasteiger partial charge is 0.482 e. The molecule has 0 bridgehead atoms. The van der Waals surface area contributed by atoms with Crippen LogP contribution >= 0.6 is 0 Å². The van der Waals surface area contributed by atoms with Crippen molar-refractivity contribution >= 4 is 11.9 Å². The van der Waals surface area contributed by atoms with E-state index in [0.29, 0.717) is 23.8 Å². The van der Waals surface area contributed by atoms with Crippen LogP contribution in [0.2, 0.25) is 0 Å². The predicted octanol–water partition coefficient (Wildman–Crippen LogP) is 2.27. The van der Waals surface area contributed by atoms with E-state index in [4.69, 9.17) is 18.9 Å². The number of rotatable bonds is 7. The molecule has 142 valence electrons. The van der Waals surface area contributed by atoms with E-state index >= 15 is 0 Å². The van der Waals surface area contributed by atoms with Crippen molar-refractivity contribution in [2.75, 3.05) is 20.0 Å². The summed E-state index contributed by atoms with van der Waals surface area (Å²) in [6.07, 6.45) is 0. The van der Waals surface area contributed by atoms with Gasteiger partial charge >= 0.3 is 5.97 Å². The Balaban J connectivity index is 1.38. The van der Waals surface area contributed by atoms with Gasteiger partial charge in [0.05, 0.1) is 0 Å². The summed E-state index contributed by atoms with van der Waals surface area (Å²) in [6.45, 7) is 3.76. The Kier molecular flexibility index (Phi) is 5.80. The molecule has 1 aliphatic heterocycles. The molecule has 0 radical (unpaired) electrons. The average molecular weight is 371 g/mol. The molecule has 2 aromatic carbocycles. The lowest BCUT2D eigenvalue weighted by Crippen LogP contribution is -2.29. The van der Waals surface area contributed by atoms with Crippen molar-refractivity contribution < 1.29 is 28.5 Å². The fraction of sp³-hybridized carbons (Fsp3) is 0.300. The van der Waals surface area contributed by atoms with Gasteiger partial charge in [0, 0.05) is 6.54 Å². The van der Waals surface area contributed by atoms with E-state index in [9.17, 15) is 9.59 Å². The highest BCUT2D eigenvalue weighted by molar-refractivity contribution is 5.80. The highest BCUT2D eigenvalue weighted by Crippen LogP contribution is 2.32. The highest BCUT2D eigenvalue weighted by atomic mass is 16.7. The molecule has 3 rings (SSSR count). The molecule has 1 aliphatic rings. The molecule has 27 heavy (non-hydrogen) atoms. The summed E-state index contributed by atoms with van der Waals surface area (Å²) >= 11 is 0. The SMILES string of the molecule is Cc1cccc(OCC(=O)OCC(=O)NCc2ccc3c(c2)OCO3)c1C. The smallest absolute Gasteiger partial charge is 0.344 e. The number of amides is 1. The molecule has 0 spiro atoms. The Bertz CT molecular complexity index is 848. The van der Waals surface area contributed by atoms with Crippen molar-refractivity contribution in [1.29, 1.82) is 0 Å². The van der Waals surface area contributed by atoms with Crippen LogP contribution in [0, 0.1) is 13.8 Å². The van der Waals surface area contributed by atoms with Crippen LogP contribution < -0.4 is 19.5 Å². The second-order valence-corrected chi connectivity index (χ2v) is 6.11. The lowest BCUT2D eigenvalue weighted by atomic mass is 10.1. The second-order valence-electron chi connectivity index (χ2n) is 6.11. The average Bonchev–Trinajstić information content (AvgIpc) is 3.13. The van der Waals surface area contributed by atoms with E-state index in [0.717, 1.165) is 16.7 Å². The maximum atomic E-state index is 11.8. The first-order valence-corrected chi connectivity index (χ1v) is 8.53. The number of benzene rings is 2. The van der Waals surface area contributed by atoms with Gasteiger partial charge in [0.25, 0.3) is 5.91 Å². The van der Waals surface area contributed by atoms with Gasteiger partial charge in [0.15, 0.2) is 24.7 Å². The standard InChI is InChI=1S/C20H21NO6/c1-13-4-3-5-16(14(13)2)24-11-20(23)25-10-19(22)21-9-15-6-7-17-18(8-15)27-12-26-17/h3-8H,9-12H2,1-2H3,(H,21,22). The first kappa shape index (κ1) is 18.6. The molecule has 0 fully saturated rings. The Labute approximate surface area is 157 Å². The number of ether oxygens (including phenoxy) is 4. The van der Waals surface area contributed by atoms with Gasteiger partial charge in [-0.15, -0.1) is 0 Å². The van der Waals surface area contributed by atoms with Crippen molar-refractivity contribution in [3.63, 3.8) is 0 Å². The van der Waals surface area contributed by atoms with E-state index in [-0.39, 0.29) is 20.0 Å². The maximum Gasteiger partial charge on any atom is 0.344 e. The minimum atomic E-state index is -0.603. The third kappa shape index (κ3) is 4.91. The summed E-state index contributed by atoms with van der Waals surface area (Å²) in [6, 6.07) is 11.0. The molecular formula is C20H21NO6. The van der Waals surface area contributed by atoms with Crippen LogP contribution in [0.1, 0.15) is 16.7 Å². The molecule has 7 heteroatoms. The zero-order valence-corrected chi connectivity index (χ0v) is 15.2. The maximum absolute atomic E-state index is 11.8. The van der Waals surface area contributed by atoms with E-state index < -0.39 is 11.9 Å². The summed E-state index contributed by atoms with van der Waals surface area (Å²) in [5.74, 6) is 0.959. The quantitative estimate of drug-likeness (QED) is 0.752. The van der Waals surface area contributed by atoms with Gasteiger partial charge in [-0.3, -0.25) is 4.79 Å². The molecule has 7 nitrogen and oxygen atoms in total. The predicted molar refractivity (Wildman–Crippen MR) is 96.8 cm³/mol. The van der Waals surface area contributed by atoms with Gasteiger partial charge in [0.2, 0.25) is 6.79 Å². The molecule has 0 saturated carbocycles. The number of hydrogen-bond acceptors (Lipinski definition) is 6. The van der Waals surface area contributed by atoms with Crippen LogP contribution in [0.3, 0.4) is 0 Å². The molecular weight excluding hydrogens is 350 g/mol. The van der Waals surface area contributed by atoms with E-state index in [1.165, 1.54) is 0 Å². The second kappa shape index (κ2) is 8.44. The lowest BCUT2D eigenvalue weighted by Gasteiger charge is -2.11. The fourth-order valence-corrected chi connectivity index (χ4v) is 2.51. The van der Waals surface area contributed by atoms with Crippen molar-refractivity contribution in [3.05, 3.63) is 53.1 Å². The summed E-state index contributed by atoms with van der Waals surface area (Å²) in [5.41, 5.74) is 2.90.